The average molecular weight is 299 g/mol. The van der Waals surface area contributed by atoms with Gasteiger partial charge in [0.2, 0.25) is 11.8 Å². The van der Waals surface area contributed by atoms with Crippen molar-refractivity contribution in [3.05, 3.63) is 15.6 Å². The van der Waals surface area contributed by atoms with Gasteiger partial charge in [-0.2, -0.15) is 0 Å². The largest absolute Gasteiger partial charge is 0.477 e. The van der Waals surface area contributed by atoms with E-state index < -0.39 is 18.1 Å². The minimum Gasteiger partial charge on any atom is -0.477 e. The first-order chi connectivity index (χ1) is 9.22. The molecule has 0 aliphatic carbocycles. The van der Waals surface area contributed by atoms with Gasteiger partial charge in [0, 0.05) is 6.92 Å². The molecule has 0 aliphatic heterocycles. The molecular weight excluding hydrogens is 282 g/mol. The third-order valence-electron chi connectivity index (χ3n) is 2.55. The summed E-state index contributed by atoms with van der Waals surface area (Å²) in [5.74, 6) is -1.67. The monoisotopic (exact) mass is 299 g/mol. The first-order valence-electron chi connectivity index (χ1n) is 6.00. The maximum absolute atomic E-state index is 11.8. The normalized spacial score (nSPS) is 13.4. The van der Waals surface area contributed by atoms with Crippen molar-refractivity contribution in [3.8, 4) is 0 Å². The Labute approximate surface area is 120 Å². The molecule has 1 aromatic heterocycles. The lowest BCUT2D eigenvalue weighted by Gasteiger charge is -2.16. The SMILES string of the molecule is CC(=O)NC(C)C(=O)NC(C)c1nc(C)c(C(=O)O)s1. The summed E-state index contributed by atoms with van der Waals surface area (Å²) in [6.07, 6.45) is 0. The number of carboxylic acid groups (broad SMARTS) is 1. The van der Waals surface area contributed by atoms with Gasteiger partial charge in [-0.3, -0.25) is 9.59 Å². The zero-order valence-corrected chi connectivity index (χ0v) is 12.5. The van der Waals surface area contributed by atoms with E-state index in [2.05, 4.69) is 15.6 Å². The van der Waals surface area contributed by atoms with Crippen molar-refractivity contribution in [2.75, 3.05) is 0 Å². The highest BCUT2D eigenvalue weighted by Gasteiger charge is 2.21. The minimum atomic E-state index is -1.03. The number of rotatable bonds is 5. The van der Waals surface area contributed by atoms with Crippen LogP contribution in [0.4, 0.5) is 0 Å². The van der Waals surface area contributed by atoms with Crippen molar-refractivity contribution in [3.63, 3.8) is 0 Å². The molecule has 0 aromatic carbocycles. The topological polar surface area (TPSA) is 108 Å². The lowest BCUT2D eigenvalue weighted by Crippen LogP contribution is -2.44. The molecule has 7 nitrogen and oxygen atoms in total. The molecule has 1 heterocycles. The number of nitrogens with zero attached hydrogens (tertiary/aromatic N) is 1. The second kappa shape index (κ2) is 6.47. The van der Waals surface area contributed by atoms with Crippen LogP contribution in [-0.2, 0) is 9.59 Å². The highest BCUT2D eigenvalue weighted by molar-refractivity contribution is 7.13. The van der Waals surface area contributed by atoms with E-state index in [0.717, 1.165) is 11.3 Å². The molecule has 1 aromatic rings. The molecule has 0 spiro atoms. The molecule has 0 radical (unpaired) electrons. The van der Waals surface area contributed by atoms with E-state index in [1.165, 1.54) is 6.92 Å². The number of hydrogen-bond donors (Lipinski definition) is 3. The van der Waals surface area contributed by atoms with Crippen LogP contribution in [0.15, 0.2) is 0 Å². The molecule has 0 saturated heterocycles. The Morgan fingerprint density at radius 1 is 1.25 bits per heavy atom. The number of nitrogens with one attached hydrogen (secondary N) is 2. The summed E-state index contributed by atoms with van der Waals surface area (Å²) in [5.41, 5.74) is 0.425. The Morgan fingerprint density at radius 2 is 1.85 bits per heavy atom. The fourth-order valence-corrected chi connectivity index (χ4v) is 2.48. The first kappa shape index (κ1) is 16.1. The van der Waals surface area contributed by atoms with Crippen LogP contribution in [-0.4, -0.2) is 33.9 Å². The Kier molecular flexibility index (Phi) is 5.20. The van der Waals surface area contributed by atoms with Gasteiger partial charge in [-0.15, -0.1) is 11.3 Å². The molecule has 3 N–H and O–H groups in total. The van der Waals surface area contributed by atoms with Gasteiger partial charge < -0.3 is 15.7 Å². The van der Waals surface area contributed by atoms with Gasteiger partial charge in [0.1, 0.15) is 15.9 Å². The molecule has 2 unspecified atom stereocenters. The first-order valence-corrected chi connectivity index (χ1v) is 6.82. The van der Waals surface area contributed by atoms with Crippen molar-refractivity contribution in [1.29, 1.82) is 0 Å². The van der Waals surface area contributed by atoms with Crippen LogP contribution < -0.4 is 10.6 Å². The molecule has 0 aliphatic rings. The maximum atomic E-state index is 11.8. The summed E-state index contributed by atoms with van der Waals surface area (Å²) < 4.78 is 0. The van der Waals surface area contributed by atoms with Crippen LogP contribution in [0, 0.1) is 6.92 Å². The lowest BCUT2D eigenvalue weighted by molar-refractivity contribution is -0.128. The molecule has 20 heavy (non-hydrogen) atoms. The molecule has 2 atom stereocenters. The summed E-state index contributed by atoms with van der Waals surface area (Å²) in [5, 5.41) is 14.6. The van der Waals surface area contributed by atoms with Gasteiger partial charge >= 0.3 is 5.97 Å². The summed E-state index contributed by atoms with van der Waals surface area (Å²) in [6.45, 7) is 6.22. The number of amides is 2. The second-order valence-electron chi connectivity index (χ2n) is 4.42. The van der Waals surface area contributed by atoms with Gasteiger partial charge in [-0.25, -0.2) is 9.78 Å². The molecule has 2 amide bonds. The highest BCUT2D eigenvalue weighted by atomic mass is 32.1. The van der Waals surface area contributed by atoms with Crippen molar-refractivity contribution in [1.82, 2.24) is 15.6 Å². The molecule has 110 valence electrons. The number of aryl methyl sites for hydroxylation is 1. The smallest absolute Gasteiger partial charge is 0.347 e. The number of aromatic carboxylic acids is 1. The van der Waals surface area contributed by atoms with Crippen LogP contribution in [0.1, 0.15) is 47.2 Å². The van der Waals surface area contributed by atoms with E-state index in [4.69, 9.17) is 5.11 Å². The number of hydrogen-bond acceptors (Lipinski definition) is 5. The zero-order valence-electron chi connectivity index (χ0n) is 11.7. The molecular formula is C12H17N3O4S. The Morgan fingerprint density at radius 3 is 2.30 bits per heavy atom. The fraction of sp³-hybridized carbons (Fsp3) is 0.500. The third-order valence-corrected chi connectivity index (χ3v) is 3.88. The van der Waals surface area contributed by atoms with E-state index in [-0.39, 0.29) is 16.7 Å². The molecule has 8 heteroatoms. The molecule has 0 fully saturated rings. The average Bonchev–Trinajstić information content (AvgIpc) is 2.70. The van der Waals surface area contributed by atoms with Crippen molar-refractivity contribution >= 4 is 29.1 Å². The highest BCUT2D eigenvalue weighted by Crippen LogP contribution is 2.23. The number of carbonyl (C=O) groups is 3. The number of carbonyl (C=O) groups excluding carboxylic acids is 2. The summed E-state index contributed by atoms with van der Waals surface area (Å²) >= 11 is 1.03. The van der Waals surface area contributed by atoms with Crippen LogP contribution >= 0.6 is 11.3 Å². The van der Waals surface area contributed by atoms with Crippen LogP contribution in [0.5, 0.6) is 0 Å². The minimum absolute atomic E-state index is 0.163. The standard InChI is InChI=1S/C12H17N3O4S/c1-5-9(12(18)19)20-11(15-5)7(3)14-10(17)6(2)13-8(4)16/h6-7H,1-4H3,(H,13,16)(H,14,17)(H,18,19). The Hall–Kier alpha value is -1.96. The van der Waals surface area contributed by atoms with Gasteiger partial charge in [-0.1, -0.05) is 0 Å². The van der Waals surface area contributed by atoms with Crippen molar-refractivity contribution in [2.24, 2.45) is 0 Å². The van der Waals surface area contributed by atoms with Gasteiger partial charge in [0.15, 0.2) is 0 Å². The summed E-state index contributed by atoms with van der Waals surface area (Å²) in [7, 11) is 0. The zero-order chi connectivity index (χ0) is 15.4. The maximum Gasteiger partial charge on any atom is 0.347 e. The molecule has 1 rings (SSSR count). The second-order valence-corrected chi connectivity index (χ2v) is 5.45. The number of carboxylic acids is 1. The predicted molar refractivity (Wildman–Crippen MR) is 73.6 cm³/mol. The van der Waals surface area contributed by atoms with Gasteiger partial charge in [-0.05, 0) is 20.8 Å². The number of thiazole rings is 1. The Balaban J connectivity index is 2.73. The van der Waals surface area contributed by atoms with E-state index in [9.17, 15) is 14.4 Å². The van der Waals surface area contributed by atoms with Crippen LogP contribution in [0.2, 0.25) is 0 Å². The van der Waals surface area contributed by atoms with E-state index in [1.54, 1.807) is 20.8 Å². The predicted octanol–water partition coefficient (Wildman–Crippen LogP) is 0.852. The van der Waals surface area contributed by atoms with E-state index in [1.807, 2.05) is 0 Å². The van der Waals surface area contributed by atoms with Crippen molar-refractivity contribution in [2.45, 2.75) is 39.8 Å². The van der Waals surface area contributed by atoms with E-state index in [0.29, 0.717) is 10.7 Å². The van der Waals surface area contributed by atoms with Crippen LogP contribution in [0.25, 0.3) is 0 Å². The molecule has 0 saturated carbocycles. The number of aromatic nitrogens is 1. The van der Waals surface area contributed by atoms with Gasteiger partial charge in [0.25, 0.3) is 0 Å². The van der Waals surface area contributed by atoms with Crippen molar-refractivity contribution < 1.29 is 19.5 Å². The Bertz CT molecular complexity index is 541. The lowest BCUT2D eigenvalue weighted by atomic mass is 10.2. The summed E-state index contributed by atoms with van der Waals surface area (Å²) in [4.78, 5) is 37.9. The van der Waals surface area contributed by atoms with E-state index >= 15 is 0 Å². The summed E-state index contributed by atoms with van der Waals surface area (Å²) in [6, 6.07) is -1.08. The van der Waals surface area contributed by atoms with Crippen LogP contribution in [0.3, 0.4) is 0 Å². The fourth-order valence-electron chi connectivity index (χ4n) is 1.57. The van der Waals surface area contributed by atoms with Gasteiger partial charge in [0.05, 0.1) is 11.7 Å². The molecule has 0 bridgehead atoms. The third kappa shape index (κ3) is 4.02. The quantitative estimate of drug-likeness (QED) is 0.747.